The molecule has 0 fully saturated rings. The summed E-state index contributed by atoms with van der Waals surface area (Å²) in [6, 6.07) is 9.88. The first-order valence-corrected chi connectivity index (χ1v) is 8.11. The first-order valence-electron chi connectivity index (χ1n) is 6.27. The Morgan fingerprint density at radius 2 is 1.60 bits per heavy atom. The van der Waals surface area contributed by atoms with Gasteiger partial charge in [-0.05, 0) is 0 Å². The Labute approximate surface area is 125 Å². The average Bonchev–Trinajstić information content (AvgIpc) is 2.47. The second-order valence-corrected chi connectivity index (χ2v) is 6.79. The summed E-state index contributed by atoms with van der Waals surface area (Å²) in [5, 5.41) is 0. The molecule has 0 spiro atoms. The van der Waals surface area contributed by atoms with E-state index in [1.165, 1.54) is 7.11 Å². The van der Waals surface area contributed by atoms with Gasteiger partial charge >= 0.3 is 125 Å². The second-order valence-electron chi connectivity index (χ2n) is 4.04. The fourth-order valence-electron chi connectivity index (χ4n) is 1.49. The van der Waals surface area contributed by atoms with Crippen LogP contribution in [0.3, 0.4) is 0 Å². The van der Waals surface area contributed by atoms with Crippen molar-refractivity contribution < 1.29 is 23.3 Å². The predicted molar refractivity (Wildman–Crippen MR) is 76.1 cm³/mol. The summed E-state index contributed by atoms with van der Waals surface area (Å²) in [4.78, 5) is -0.211. The molecule has 114 valence electrons. The number of benzene rings is 1. The zero-order chi connectivity index (χ0) is 14.6. The van der Waals surface area contributed by atoms with E-state index in [0.29, 0.717) is 6.61 Å². The van der Waals surface area contributed by atoms with Crippen molar-refractivity contribution in [2.24, 2.45) is 0 Å². The van der Waals surface area contributed by atoms with Gasteiger partial charge in [-0.3, -0.25) is 0 Å². The van der Waals surface area contributed by atoms with E-state index in [1.807, 2.05) is 30.3 Å². The van der Waals surface area contributed by atoms with Crippen molar-refractivity contribution in [2.45, 2.75) is 11.0 Å². The standard InChI is InChI=1S/C14H21FO4Se/c1-16-10-18-8-13(15)14(9-19-11-17-2)20-12-6-4-3-5-7-12/h3-7,13-14H,8-11H2,1-2H3/t13-,14-/m0/s1. The Hall–Kier alpha value is -0.491. The third-order valence-corrected chi connectivity index (χ3v) is 5.08. The molecule has 0 aliphatic rings. The molecule has 0 bridgehead atoms. The summed E-state index contributed by atoms with van der Waals surface area (Å²) < 4.78 is 35.3. The van der Waals surface area contributed by atoms with Gasteiger partial charge in [-0.25, -0.2) is 0 Å². The molecule has 0 heterocycles. The predicted octanol–water partition coefficient (Wildman–Crippen LogP) is 1.38. The number of halogens is 1. The minimum absolute atomic E-state index is 0.0173. The fourth-order valence-corrected chi connectivity index (χ4v) is 3.70. The zero-order valence-corrected chi connectivity index (χ0v) is 13.5. The van der Waals surface area contributed by atoms with E-state index in [4.69, 9.17) is 18.9 Å². The van der Waals surface area contributed by atoms with Crippen molar-refractivity contribution in [1.82, 2.24) is 0 Å². The first kappa shape index (κ1) is 17.6. The third kappa shape index (κ3) is 7.33. The van der Waals surface area contributed by atoms with E-state index in [-0.39, 0.29) is 40.0 Å². The Morgan fingerprint density at radius 1 is 1.00 bits per heavy atom. The van der Waals surface area contributed by atoms with Crippen LogP contribution in [0.2, 0.25) is 4.82 Å². The number of hydrogen-bond donors (Lipinski definition) is 0. The molecular formula is C14H21FO4Se. The SMILES string of the molecule is COCOC[C@H]([Se]c1ccccc1)[C@@H](F)COCOC. The number of hydrogen-bond acceptors (Lipinski definition) is 4. The summed E-state index contributed by atoms with van der Waals surface area (Å²) in [5.74, 6) is 0. The third-order valence-electron chi connectivity index (χ3n) is 2.40. The van der Waals surface area contributed by atoms with Gasteiger partial charge in [-0.1, -0.05) is 0 Å². The van der Waals surface area contributed by atoms with Crippen LogP contribution in [0, 0.1) is 0 Å². The van der Waals surface area contributed by atoms with Crippen LogP contribution in [0.4, 0.5) is 4.39 Å². The molecule has 0 aliphatic heterocycles. The van der Waals surface area contributed by atoms with Crippen LogP contribution in [0.15, 0.2) is 30.3 Å². The van der Waals surface area contributed by atoms with Crippen LogP contribution >= 0.6 is 0 Å². The summed E-state index contributed by atoms with van der Waals surface area (Å²) in [7, 11) is 3.06. The van der Waals surface area contributed by atoms with Gasteiger partial charge in [0, 0.05) is 0 Å². The molecule has 6 heteroatoms. The molecular weight excluding hydrogens is 330 g/mol. The molecule has 4 nitrogen and oxygen atoms in total. The molecule has 0 aromatic heterocycles. The van der Waals surface area contributed by atoms with E-state index in [1.54, 1.807) is 7.11 Å². The Balaban J connectivity index is 2.49. The fraction of sp³-hybridized carbons (Fsp3) is 0.571. The number of alkyl halides is 1. The van der Waals surface area contributed by atoms with E-state index in [9.17, 15) is 4.39 Å². The van der Waals surface area contributed by atoms with Gasteiger partial charge in [0.15, 0.2) is 0 Å². The van der Waals surface area contributed by atoms with Crippen molar-refractivity contribution in [1.29, 1.82) is 0 Å². The molecule has 1 rings (SSSR count). The maximum atomic E-state index is 14.2. The maximum absolute atomic E-state index is 14.2. The molecule has 0 aliphatic carbocycles. The monoisotopic (exact) mass is 352 g/mol. The van der Waals surface area contributed by atoms with E-state index >= 15 is 0 Å². The van der Waals surface area contributed by atoms with Gasteiger partial charge in [0.25, 0.3) is 0 Å². The Bertz CT molecular complexity index is 339. The summed E-state index contributed by atoms with van der Waals surface area (Å²) in [6.07, 6.45) is -1.08. The zero-order valence-electron chi connectivity index (χ0n) is 11.8. The summed E-state index contributed by atoms with van der Waals surface area (Å²) in [5.41, 5.74) is 0. The molecule has 0 saturated heterocycles. The van der Waals surface area contributed by atoms with Crippen molar-refractivity contribution in [2.75, 3.05) is 41.0 Å². The minimum atomic E-state index is -1.08. The van der Waals surface area contributed by atoms with Gasteiger partial charge in [0.05, 0.1) is 0 Å². The number of rotatable bonds is 11. The molecule has 20 heavy (non-hydrogen) atoms. The molecule has 0 N–H and O–H groups in total. The van der Waals surface area contributed by atoms with Crippen LogP contribution in [-0.2, 0) is 18.9 Å². The molecule has 0 radical (unpaired) electrons. The normalized spacial score (nSPS) is 14.2. The van der Waals surface area contributed by atoms with Gasteiger partial charge < -0.3 is 0 Å². The second kappa shape index (κ2) is 11.2. The summed E-state index contributed by atoms with van der Waals surface area (Å²) in [6.45, 7) is 0.612. The van der Waals surface area contributed by atoms with Gasteiger partial charge in [0.1, 0.15) is 0 Å². The number of ether oxygens (including phenoxy) is 4. The van der Waals surface area contributed by atoms with E-state index < -0.39 is 6.17 Å². The first-order chi connectivity index (χ1) is 9.77. The van der Waals surface area contributed by atoms with Crippen molar-refractivity contribution >= 4 is 19.4 Å². The topological polar surface area (TPSA) is 36.9 Å². The van der Waals surface area contributed by atoms with E-state index in [2.05, 4.69) is 0 Å². The molecule has 1 aromatic rings. The Morgan fingerprint density at radius 3 is 2.20 bits per heavy atom. The average molecular weight is 351 g/mol. The van der Waals surface area contributed by atoms with Gasteiger partial charge in [-0.2, -0.15) is 0 Å². The van der Waals surface area contributed by atoms with Gasteiger partial charge in [-0.15, -0.1) is 0 Å². The van der Waals surface area contributed by atoms with Crippen LogP contribution in [0.25, 0.3) is 0 Å². The summed E-state index contributed by atoms with van der Waals surface area (Å²) >= 11 is -0.0230. The van der Waals surface area contributed by atoms with Crippen molar-refractivity contribution in [3.05, 3.63) is 30.3 Å². The molecule has 0 amide bonds. The van der Waals surface area contributed by atoms with Gasteiger partial charge in [0.2, 0.25) is 0 Å². The molecule has 0 saturated carbocycles. The van der Waals surface area contributed by atoms with Crippen LogP contribution in [0.1, 0.15) is 0 Å². The quantitative estimate of drug-likeness (QED) is 0.343. The number of methoxy groups -OCH3 is 2. The van der Waals surface area contributed by atoms with Crippen molar-refractivity contribution in [3.63, 3.8) is 0 Å². The molecule has 1 aromatic carbocycles. The molecule has 0 unspecified atom stereocenters. The van der Waals surface area contributed by atoms with Crippen molar-refractivity contribution in [3.8, 4) is 0 Å². The Kier molecular flexibility index (Phi) is 9.83. The molecule has 2 atom stereocenters. The van der Waals surface area contributed by atoms with Crippen LogP contribution < -0.4 is 4.46 Å². The van der Waals surface area contributed by atoms with E-state index in [0.717, 1.165) is 4.46 Å². The van der Waals surface area contributed by atoms with Crippen LogP contribution in [0.5, 0.6) is 0 Å². The van der Waals surface area contributed by atoms with Crippen LogP contribution in [-0.4, -0.2) is 62.1 Å².